The molecule has 0 unspecified atom stereocenters. The molecule has 8 heavy (non-hydrogen) atoms. The molecule has 0 aromatic heterocycles. The lowest BCUT2D eigenvalue weighted by atomic mass is 10.8. The maximum atomic E-state index is 7.26. The molecule has 2 nitrogen and oxygen atoms in total. The highest BCUT2D eigenvalue weighted by atomic mass is 35.5. The molecule has 0 aliphatic rings. The Balaban J connectivity index is 0. The smallest absolute Gasteiger partial charge is 0.181 e. The molecule has 0 spiro atoms. The van der Waals surface area contributed by atoms with Crippen molar-refractivity contribution in [2.24, 2.45) is 0 Å². The molecule has 0 N–H and O–H groups in total. The minimum atomic E-state index is 0.556. The van der Waals surface area contributed by atoms with E-state index in [1.807, 2.05) is 0 Å². The van der Waals surface area contributed by atoms with Gasteiger partial charge in [0.2, 0.25) is 0 Å². The first kappa shape index (κ1) is 10.1. The summed E-state index contributed by atoms with van der Waals surface area (Å²) >= 11 is 5.07. The third-order valence-electron chi connectivity index (χ3n) is 0.159. The molecule has 0 atom stereocenters. The zero-order valence-electron chi connectivity index (χ0n) is 4.26. The molecular weight excluding hydrogens is 124 g/mol. The molecule has 0 rings (SSSR count). The van der Waals surface area contributed by atoms with Crippen LogP contribution < -0.4 is 0 Å². The van der Waals surface area contributed by atoms with Crippen molar-refractivity contribution in [3.63, 3.8) is 0 Å². The third kappa shape index (κ3) is 79.0. The molecule has 0 aliphatic carbocycles. The van der Waals surface area contributed by atoms with E-state index in [-0.39, 0.29) is 0 Å². The summed E-state index contributed by atoms with van der Waals surface area (Å²) in [6.07, 6.45) is 1.64. The molecule has 0 saturated heterocycles. The monoisotopic (exact) mass is 128 g/mol. The molecule has 0 aromatic rings. The van der Waals surface area contributed by atoms with Gasteiger partial charge in [-0.1, -0.05) is 6.08 Å². The molecule has 0 aromatic carbocycles. The Labute approximate surface area is 53.6 Å². The van der Waals surface area contributed by atoms with Gasteiger partial charge in [0.1, 0.15) is 0 Å². The first-order chi connectivity index (χ1) is 3.83. The van der Waals surface area contributed by atoms with Gasteiger partial charge in [0, 0.05) is 5.88 Å². The van der Waals surface area contributed by atoms with Gasteiger partial charge >= 0.3 is 0 Å². The van der Waals surface area contributed by atoms with Crippen LogP contribution in [0.15, 0.2) is 12.7 Å². The predicted molar refractivity (Wildman–Crippen MR) is 32.1 cm³/mol. The van der Waals surface area contributed by atoms with Crippen molar-refractivity contribution in [2.75, 3.05) is 5.88 Å². The highest BCUT2D eigenvalue weighted by Crippen LogP contribution is 1.67. The van der Waals surface area contributed by atoms with E-state index in [4.69, 9.17) is 22.1 Å². The average Bonchev–Trinajstić information content (AvgIpc) is 1.88. The van der Waals surface area contributed by atoms with Crippen molar-refractivity contribution >= 4 is 11.6 Å². The van der Waals surface area contributed by atoms with Crippen molar-refractivity contribution in [3.8, 4) is 12.1 Å². The van der Waals surface area contributed by atoms with Crippen molar-refractivity contribution in [1.29, 1.82) is 10.5 Å². The lowest BCUT2D eigenvalue weighted by Gasteiger charge is -1.55. The fraction of sp³-hybridized carbons (Fsp3) is 0.200. The fourth-order valence-corrected chi connectivity index (χ4v) is 0. The highest BCUT2D eigenvalue weighted by molar-refractivity contribution is 6.18. The summed E-state index contributed by atoms with van der Waals surface area (Å²) in [4.78, 5) is 0. The minimum absolute atomic E-state index is 0.556. The second kappa shape index (κ2) is 16.7. The molecule has 0 aliphatic heterocycles. The van der Waals surface area contributed by atoms with Gasteiger partial charge in [0.15, 0.2) is 12.1 Å². The van der Waals surface area contributed by atoms with Crippen molar-refractivity contribution < 1.29 is 0 Å². The van der Waals surface area contributed by atoms with Crippen molar-refractivity contribution in [2.45, 2.75) is 0 Å². The Morgan fingerprint density at radius 2 is 1.75 bits per heavy atom. The first-order valence-corrected chi connectivity index (χ1v) is 2.32. The Hall–Kier alpha value is -0.990. The molecule has 3 heteroatoms. The molecular formula is C5H5ClN2. The molecule has 0 fully saturated rings. The number of alkyl halides is 1. The van der Waals surface area contributed by atoms with Gasteiger partial charge in [-0.2, -0.15) is 10.5 Å². The van der Waals surface area contributed by atoms with Gasteiger partial charge in [0.25, 0.3) is 0 Å². The van der Waals surface area contributed by atoms with Gasteiger partial charge in [0.05, 0.1) is 0 Å². The van der Waals surface area contributed by atoms with Crippen molar-refractivity contribution in [3.05, 3.63) is 12.7 Å². The van der Waals surface area contributed by atoms with Crippen LogP contribution in [0.1, 0.15) is 0 Å². The lowest BCUT2D eigenvalue weighted by molar-refractivity contribution is 1.49. The van der Waals surface area contributed by atoms with Crippen LogP contribution in [-0.4, -0.2) is 5.88 Å². The molecule has 0 heterocycles. The minimum Gasteiger partial charge on any atom is -0.181 e. The van der Waals surface area contributed by atoms with E-state index in [0.717, 1.165) is 0 Å². The predicted octanol–water partition coefficient (Wildman–Crippen LogP) is 1.44. The van der Waals surface area contributed by atoms with Gasteiger partial charge < -0.3 is 0 Å². The Kier molecular flexibility index (Phi) is 21.0. The van der Waals surface area contributed by atoms with E-state index >= 15 is 0 Å². The maximum Gasteiger partial charge on any atom is 0.181 e. The molecule has 0 amide bonds. The van der Waals surface area contributed by atoms with Gasteiger partial charge in [-0.15, -0.1) is 18.2 Å². The second-order valence-corrected chi connectivity index (χ2v) is 0.975. The first-order valence-electron chi connectivity index (χ1n) is 1.78. The van der Waals surface area contributed by atoms with E-state index < -0.39 is 0 Å². The highest BCUT2D eigenvalue weighted by Gasteiger charge is 1.48. The van der Waals surface area contributed by atoms with Crippen LogP contribution >= 0.6 is 11.6 Å². The summed E-state index contributed by atoms with van der Waals surface area (Å²) < 4.78 is 0. The number of halogens is 1. The summed E-state index contributed by atoms with van der Waals surface area (Å²) in [5, 5.41) is 14.5. The van der Waals surface area contributed by atoms with E-state index in [1.165, 1.54) is 12.1 Å². The topological polar surface area (TPSA) is 47.6 Å². The van der Waals surface area contributed by atoms with Crippen LogP contribution in [0.2, 0.25) is 0 Å². The second-order valence-electron chi connectivity index (χ2n) is 0.667. The van der Waals surface area contributed by atoms with E-state index in [9.17, 15) is 0 Å². The summed E-state index contributed by atoms with van der Waals surface area (Å²) in [6.45, 7) is 3.35. The molecule has 0 radical (unpaired) electrons. The zero-order chi connectivity index (χ0) is 6.83. The summed E-state index contributed by atoms with van der Waals surface area (Å²) in [5.74, 6) is 0.556. The fourth-order valence-electron chi connectivity index (χ4n) is 0. The number of nitrogens with zero attached hydrogens (tertiary/aromatic N) is 2. The number of allylic oxidation sites excluding steroid dienone is 1. The summed E-state index contributed by atoms with van der Waals surface area (Å²) in [5.41, 5.74) is 0. The van der Waals surface area contributed by atoms with Crippen LogP contribution in [0.5, 0.6) is 0 Å². The molecule has 42 valence electrons. The van der Waals surface area contributed by atoms with Crippen molar-refractivity contribution in [1.82, 2.24) is 0 Å². The zero-order valence-corrected chi connectivity index (χ0v) is 5.02. The van der Waals surface area contributed by atoms with Crippen LogP contribution in [0.4, 0.5) is 0 Å². The van der Waals surface area contributed by atoms with E-state index in [0.29, 0.717) is 5.88 Å². The normalized spacial score (nSPS) is 4.38. The maximum absolute atomic E-state index is 7.26. The number of hydrogen-bond donors (Lipinski definition) is 0. The molecule has 0 saturated carbocycles. The van der Waals surface area contributed by atoms with Crippen LogP contribution in [0, 0.1) is 22.7 Å². The SMILES string of the molecule is C=CCCl.N#CC#N. The van der Waals surface area contributed by atoms with Crippen LogP contribution in [0.25, 0.3) is 0 Å². The van der Waals surface area contributed by atoms with E-state index in [1.54, 1.807) is 6.08 Å². The Bertz CT molecular complexity index is 105. The number of nitriles is 2. The Morgan fingerprint density at radius 1 is 1.50 bits per heavy atom. The van der Waals surface area contributed by atoms with E-state index in [2.05, 4.69) is 6.58 Å². The average molecular weight is 129 g/mol. The number of hydrogen-bond acceptors (Lipinski definition) is 2. The van der Waals surface area contributed by atoms with Gasteiger partial charge in [-0.3, -0.25) is 0 Å². The number of rotatable bonds is 1. The largest absolute Gasteiger partial charge is 0.181 e. The van der Waals surface area contributed by atoms with Gasteiger partial charge in [-0.05, 0) is 0 Å². The quantitative estimate of drug-likeness (QED) is 0.396. The summed E-state index contributed by atoms with van der Waals surface area (Å²) in [7, 11) is 0. The van der Waals surface area contributed by atoms with Crippen LogP contribution in [-0.2, 0) is 0 Å². The standard InChI is InChI=1S/C3H5Cl.C2N2/c1-2-3-4;3-1-2-4/h2H,1,3H2;. The Morgan fingerprint density at radius 3 is 1.75 bits per heavy atom. The lowest BCUT2D eigenvalue weighted by Crippen LogP contribution is -1.45. The van der Waals surface area contributed by atoms with Gasteiger partial charge in [-0.25, -0.2) is 0 Å². The summed E-state index contributed by atoms with van der Waals surface area (Å²) in [6, 6.07) is 2.47. The third-order valence-corrected chi connectivity index (χ3v) is 0.377. The molecule has 0 bridgehead atoms. The van der Waals surface area contributed by atoms with Crippen LogP contribution in [0.3, 0.4) is 0 Å².